The van der Waals surface area contributed by atoms with E-state index in [0.717, 1.165) is 24.8 Å². The molecule has 14 nitrogen and oxygen atoms in total. The van der Waals surface area contributed by atoms with E-state index in [1.807, 2.05) is 11.6 Å². The number of amides is 4. The Labute approximate surface area is 340 Å². The molecule has 1 saturated heterocycles. The van der Waals surface area contributed by atoms with Crippen molar-refractivity contribution < 1.29 is 59.1 Å². The normalized spacial score (nSPS) is 30.2. The second kappa shape index (κ2) is 16.2. The number of ether oxygens (including phenoxy) is 3. The van der Waals surface area contributed by atoms with Gasteiger partial charge in [-0.25, -0.2) is 31.4 Å². The van der Waals surface area contributed by atoms with Crippen molar-refractivity contribution in [1.82, 2.24) is 25.2 Å². The Morgan fingerprint density at radius 2 is 1.95 bits per heavy atom. The van der Waals surface area contributed by atoms with Crippen molar-refractivity contribution in [1.29, 1.82) is 0 Å². The maximum atomic E-state index is 14.9. The Balaban J connectivity index is 1.38. The van der Waals surface area contributed by atoms with Crippen molar-refractivity contribution in [3.05, 3.63) is 42.4 Å². The van der Waals surface area contributed by atoms with E-state index >= 15 is 0 Å². The van der Waals surface area contributed by atoms with Crippen molar-refractivity contribution in [2.24, 2.45) is 17.8 Å². The zero-order valence-corrected chi connectivity index (χ0v) is 33.8. The summed E-state index contributed by atoms with van der Waals surface area (Å²) >= 11 is 0. The Hall–Kier alpha value is -4.61. The lowest BCUT2D eigenvalue weighted by atomic mass is 9.85. The van der Waals surface area contributed by atoms with Crippen molar-refractivity contribution >= 4 is 44.6 Å². The first-order chi connectivity index (χ1) is 28.5. The molecule has 2 saturated carbocycles. The second-order valence-corrected chi connectivity index (χ2v) is 18.4. The number of alkyl carbamates (subject to hydrolysis) is 1. The molecular weight excluding hydrogens is 784 g/mol. The number of rotatable bonds is 10. The van der Waals surface area contributed by atoms with Gasteiger partial charge in [0.15, 0.2) is 17.2 Å². The van der Waals surface area contributed by atoms with Crippen molar-refractivity contribution in [2.75, 3.05) is 13.7 Å². The number of sulfonamides is 1. The molecule has 3 N–H and O–H groups in total. The summed E-state index contributed by atoms with van der Waals surface area (Å²) in [5, 5.41) is 5.96. The Morgan fingerprint density at radius 3 is 2.60 bits per heavy atom. The predicted octanol–water partition coefficient (Wildman–Crippen LogP) is 5.15. The minimum absolute atomic E-state index is 0.0304. The first-order valence-corrected chi connectivity index (χ1v) is 20.9. The standard InChI is InChI=1S/C40H52F3N5O9S/c1-7-23-16-22(2)10-8-9-11-25-20-40(25,36(51)47-58(53,54)39(5)13-14-39)46-32(49)29-18-26(56-33-27-19-28(41)30(55-6)17-24(27)12-15-44-33)21-48(29)34(50)31(23)45-37(52)57-38(3,4)35(42)43/h9,11-12,15,17,19,22-23,25-26,29,31,35H,7-8,10,13-14,16,18,20-21H2,1-6H3,(H,45,52)(H,46,49)(H,47,51)/b11-9-/t22-,23-,25-,26-,29+,31+,40-/m1/s1/i5D3. The van der Waals surface area contributed by atoms with Crippen LogP contribution >= 0.6 is 0 Å². The molecule has 7 atom stereocenters. The number of carbonyl (C=O) groups is 4. The highest BCUT2D eigenvalue weighted by Crippen LogP contribution is 2.48. The molecular formula is C40H52F3N5O9S. The van der Waals surface area contributed by atoms with Crippen LogP contribution in [0.5, 0.6) is 11.6 Å². The summed E-state index contributed by atoms with van der Waals surface area (Å²) in [6.07, 6.45) is 0.695. The fourth-order valence-corrected chi connectivity index (χ4v) is 8.98. The van der Waals surface area contributed by atoms with Crippen LogP contribution in [0.15, 0.2) is 36.5 Å². The number of aromatic nitrogens is 1. The van der Waals surface area contributed by atoms with Gasteiger partial charge in [-0.15, -0.1) is 0 Å². The zero-order valence-electron chi connectivity index (χ0n) is 36.0. The summed E-state index contributed by atoms with van der Waals surface area (Å²) in [7, 11) is -3.45. The quantitative estimate of drug-likeness (QED) is 0.271. The zero-order chi connectivity index (χ0) is 44.9. The van der Waals surface area contributed by atoms with E-state index in [2.05, 4.69) is 15.6 Å². The van der Waals surface area contributed by atoms with Crippen LogP contribution in [0, 0.1) is 23.6 Å². The first-order valence-electron chi connectivity index (χ1n) is 20.9. The number of hydrogen-bond acceptors (Lipinski definition) is 10. The molecule has 18 heteroatoms. The minimum atomic E-state index is -4.76. The number of nitrogens with one attached hydrogen (secondary N) is 3. The number of pyridine rings is 1. The van der Waals surface area contributed by atoms with E-state index < -0.39 is 98.8 Å². The third-order valence-electron chi connectivity index (χ3n) is 11.7. The molecule has 1 aromatic heterocycles. The highest BCUT2D eigenvalue weighted by atomic mass is 32.2. The highest BCUT2D eigenvalue weighted by Gasteiger charge is 2.63. The fourth-order valence-electron chi connectivity index (χ4n) is 7.72. The number of nitrogens with zero attached hydrogens (tertiary/aromatic N) is 2. The average Bonchev–Trinajstić information content (AvgIpc) is 4.09. The van der Waals surface area contributed by atoms with Crippen molar-refractivity contribution in [3.8, 4) is 11.6 Å². The lowest BCUT2D eigenvalue weighted by molar-refractivity contribution is -0.142. The number of carbonyl (C=O) groups excluding carboxylic acids is 4. The number of methoxy groups -OCH3 is 1. The second-order valence-electron chi connectivity index (χ2n) is 16.4. The molecule has 3 fully saturated rings. The smallest absolute Gasteiger partial charge is 0.408 e. The molecule has 2 aliphatic heterocycles. The molecule has 0 bridgehead atoms. The van der Waals surface area contributed by atoms with Gasteiger partial charge in [-0.05, 0) is 94.6 Å². The minimum Gasteiger partial charge on any atom is -0.494 e. The Morgan fingerprint density at radius 1 is 1.21 bits per heavy atom. The van der Waals surface area contributed by atoms with Crippen molar-refractivity contribution in [3.63, 3.8) is 0 Å². The molecule has 58 heavy (non-hydrogen) atoms. The molecule has 318 valence electrons. The Bertz CT molecular complexity index is 2190. The van der Waals surface area contributed by atoms with Gasteiger partial charge in [0.2, 0.25) is 27.7 Å². The molecule has 0 radical (unpaired) electrons. The molecule has 2 aromatic rings. The van der Waals surface area contributed by atoms with Crippen LogP contribution in [-0.4, -0.2) is 96.3 Å². The summed E-state index contributed by atoms with van der Waals surface area (Å²) in [5.74, 6) is -4.93. The van der Waals surface area contributed by atoms with E-state index in [-0.39, 0.29) is 55.2 Å². The molecule has 3 heterocycles. The third-order valence-corrected chi connectivity index (χ3v) is 13.5. The number of benzene rings is 1. The van der Waals surface area contributed by atoms with E-state index in [0.29, 0.717) is 31.1 Å². The van der Waals surface area contributed by atoms with Gasteiger partial charge < -0.3 is 29.7 Å². The lowest BCUT2D eigenvalue weighted by Gasteiger charge is -2.34. The van der Waals surface area contributed by atoms with E-state index in [1.54, 1.807) is 25.1 Å². The Kier molecular flexibility index (Phi) is 10.9. The third kappa shape index (κ3) is 8.71. The van der Waals surface area contributed by atoms with E-state index in [4.69, 9.17) is 18.3 Å². The summed E-state index contributed by atoms with van der Waals surface area (Å²) < 4.78 is 109. The number of halogens is 3. The summed E-state index contributed by atoms with van der Waals surface area (Å²) in [4.78, 5) is 62.3. The summed E-state index contributed by atoms with van der Waals surface area (Å²) in [5.41, 5.74) is -4.07. The fraction of sp³-hybridized carbons (Fsp3) is 0.625. The van der Waals surface area contributed by atoms with Crippen LogP contribution in [-0.2, 0) is 29.1 Å². The first kappa shape index (κ1) is 38.9. The average molecular weight is 839 g/mol. The SMILES string of the molecule is [2H]C([2H])([2H])C1(S(=O)(=O)NC(=O)[C@@]23C[C@H]2/C=C\CC[C@@H](C)C[C@@H](CC)[C@H](NC(=O)OC(C)(C)C(F)F)C(=O)N2C[C@H](Oc4nccc5cc(OC)c(F)cc45)C[C@H]2C(=O)N3)CC1. The van der Waals surface area contributed by atoms with Crippen LogP contribution in [0.2, 0.25) is 0 Å². The van der Waals surface area contributed by atoms with Gasteiger partial charge in [0.1, 0.15) is 23.7 Å². The van der Waals surface area contributed by atoms with Crippen LogP contribution < -0.4 is 24.8 Å². The highest BCUT2D eigenvalue weighted by molar-refractivity contribution is 7.91. The van der Waals surface area contributed by atoms with Gasteiger partial charge in [0, 0.05) is 28.0 Å². The van der Waals surface area contributed by atoms with Gasteiger partial charge >= 0.3 is 6.09 Å². The van der Waals surface area contributed by atoms with Gasteiger partial charge in [0.05, 0.1) is 18.4 Å². The van der Waals surface area contributed by atoms with Crippen LogP contribution in [0.25, 0.3) is 10.8 Å². The van der Waals surface area contributed by atoms with Gasteiger partial charge in [-0.1, -0.05) is 32.4 Å². The number of alkyl halides is 2. The molecule has 4 aliphatic rings. The van der Waals surface area contributed by atoms with Crippen LogP contribution in [0.3, 0.4) is 0 Å². The maximum Gasteiger partial charge on any atom is 0.408 e. The van der Waals surface area contributed by atoms with Gasteiger partial charge in [-0.2, -0.15) is 0 Å². The largest absolute Gasteiger partial charge is 0.494 e. The molecule has 2 aliphatic carbocycles. The van der Waals surface area contributed by atoms with E-state index in [9.17, 15) is 40.8 Å². The van der Waals surface area contributed by atoms with Crippen LogP contribution in [0.1, 0.15) is 90.0 Å². The van der Waals surface area contributed by atoms with E-state index in [1.165, 1.54) is 19.4 Å². The summed E-state index contributed by atoms with van der Waals surface area (Å²) in [6.45, 7) is 2.54. The topological polar surface area (TPSA) is 182 Å². The molecule has 0 unspecified atom stereocenters. The lowest BCUT2D eigenvalue weighted by Crippen LogP contribution is -2.59. The number of hydrogen-bond donors (Lipinski definition) is 3. The molecule has 4 amide bonds. The van der Waals surface area contributed by atoms with Gasteiger partial charge in [-0.3, -0.25) is 19.1 Å². The molecule has 1 aromatic carbocycles. The predicted molar refractivity (Wildman–Crippen MR) is 206 cm³/mol. The van der Waals surface area contributed by atoms with Gasteiger partial charge in [0.25, 0.3) is 12.3 Å². The van der Waals surface area contributed by atoms with Crippen molar-refractivity contribution in [2.45, 2.75) is 126 Å². The number of fused-ring (bicyclic) bond motifs is 3. The summed E-state index contributed by atoms with van der Waals surface area (Å²) in [6, 6.07) is 1.39. The van der Waals surface area contributed by atoms with Crippen LogP contribution in [0.4, 0.5) is 18.0 Å². The number of allylic oxidation sites excluding steroid dienone is 1. The monoisotopic (exact) mass is 838 g/mol. The maximum absolute atomic E-state index is 14.9. The molecule has 0 spiro atoms. The molecule has 6 rings (SSSR count).